The van der Waals surface area contributed by atoms with Crippen molar-refractivity contribution in [3.05, 3.63) is 64.6 Å². The van der Waals surface area contributed by atoms with E-state index in [1.165, 1.54) is 22.8 Å². The fourth-order valence-corrected chi connectivity index (χ4v) is 3.35. The van der Waals surface area contributed by atoms with E-state index in [4.69, 9.17) is 11.6 Å². The molecular weight excluding hydrogens is 355 g/mol. The lowest BCUT2D eigenvalue weighted by Crippen LogP contribution is -2.16. The van der Waals surface area contributed by atoms with Crippen molar-refractivity contribution in [2.24, 2.45) is 5.92 Å². The molecule has 0 spiro atoms. The van der Waals surface area contributed by atoms with Gasteiger partial charge in [0.1, 0.15) is 5.82 Å². The van der Waals surface area contributed by atoms with E-state index < -0.39 is 11.7 Å². The van der Waals surface area contributed by atoms with Crippen LogP contribution in [0.25, 0.3) is 10.9 Å². The SMILES string of the molecule is Cc1cc2cc(NC(=O)C3CC3)ccc2n1C(=O)c1c(F)cccc1Cl. The van der Waals surface area contributed by atoms with Crippen LogP contribution >= 0.6 is 11.6 Å². The van der Waals surface area contributed by atoms with Gasteiger partial charge in [-0.2, -0.15) is 0 Å². The fraction of sp³-hybridized carbons (Fsp3) is 0.200. The topological polar surface area (TPSA) is 51.1 Å². The van der Waals surface area contributed by atoms with Gasteiger partial charge in [0, 0.05) is 22.7 Å². The van der Waals surface area contributed by atoms with Gasteiger partial charge in [0.05, 0.1) is 16.1 Å². The third kappa shape index (κ3) is 2.88. The molecule has 1 N–H and O–H groups in total. The van der Waals surface area contributed by atoms with Crippen LogP contribution in [-0.2, 0) is 4.79 Å². The molecule has 3 aromatic rings. The number of nitrogens with one attached hydrogen (secondary N) is 1. The van der Waals surface area contributed by atoms with Crippen LogP contribution in [0.2, 0.25) is 5.02 Å². The summed E-state index contributed by atoms with van der Waals surface area (Å²) in [5, 5.41) is 3.75. The summed E-state index contributed by atoms with van der Waals surface area (Å²) in [4.78, 5) is 24.8. The summed E-state index contributed by atoms with van der Waals surface area (Å²) < 4.78 is 15.6. The number of benzene rings is 2. The molecule has 26 heavy (non-hydrogen) atoms. The van der Waals surface area contributed by atoms with Crippen LogP contribution in [0.5, 0.6) is 0 Å². The molecule has 1 aliphatic carbocycles. The molecule has 1 aromatic heterocycles. The number of anilines is 1. The van der Waals surface area contributed by atoms with Crippen molar-refractivity contribution in [2.75, 3.05) is 5.32 Å². The summed E-state index contributed by atoms with van der Waals surface area (Å²) in [6, 6.07) is 11.3. The minimum absolute atomic E-state index is 0.0229. The molecule has 1 saturated carbocycles. The number of hydrogen-bond acceptors (Lipinski definition) is 2. The van der Waals surface area contributed by atoms with Crippen LogP contribution in [0.1, 0.15) is 28.9 Å². The Hall–Kier alpha value is -2.66. The smallest absolute Gasteiger partial charge is 0.267 e. The molecule has 0 unspecified atom stereocenters. The fourth-order valence-electron chi connectivity index (χ4n) is 3.10. The van der Waals surface area contributed by atoms with Crippen molar-refractivity contribution in [1.82, 2.24) is 4.57 Å². The number of hydrogen-bond donors (Lipinski definition) is 1. The molecule has 1 amide bonds. The maximum absolute atomic E-state index is 14.1. The van der Waals surface area contributed by atoms with E-state index in [1.807, 2.05) is 12.1 Å². The first kappa shape index (κ1) is 16.8. The molecular formula is C20H16ClFN2O2. The quantitative estimate of drug-likeness (QED) is 0.721. The average molecular weight is 371 g/mol. The zero-order chi connectivity index (χ0) is 18.4. The van der Waals surface area contributed by atoms with Crippen LogP contribution < -0.4 is 5.32 Å². The highest BCUT2D eigenvalue weighted by Crippen LogP contribution is 2.31. The van der Waals surface area contributed by atoms with Crippen molar-refractivity contribution in [1.29, 1.82) is 0 Å². The zero-order valence-corrected chi connectivity index (χ0v) is 14.8. The average Bonchev–Trinajstić information content (AvgIpc) is 3.37. The molecule has 0 atom stereocenters. The monoisotopic (exact) mass is 370 g/mol. The van der Waals surface area contributed by atoms with Gasteiger partial charge >= 0.3 is 0 Å². The standard InChI is InChI=1S/C20H16ClFN2O2/c1-11-9-13-10-14(23-19(25)12-5-6-12)7-8-17(13)24(11)20(26)18-15(21)3-2-4-16(18)22/h2-4,7-10,12H,5-6H2,1H3,(H,23,25). The maximum atomic E-state index is 14.1. The second-order valence-electron chi connectivity index (χ2n) is 6.56. The van der Waals surface area contributed by atoms with E-state index in [-0.39, 0.29) is 22.4 Å². The maximum Gasteiger partial charge on any atom is 0.267 e. The van der Waals surface area contributed by atoms with Gasteiger partial charge in [-0.15, -0.1) is 0 Å². The number of rotatable bonds is 3. The van der Waals surface area contributed by atoms with Crippen LogP contribution in [0, 0.1) is 18.7 Å². The molecule has 2 aromatic carbocycles. The number of amides is 1. The number of aryl methyl sites for hydroxylation is 1. The summed E-state index contributed by atoms with van der Waals surface area (Å²) in [5.41, 5.74) is 1.83. The lowest BCUT2D eigenvalue weighted by Gasteiger charge is -2.10. The first-order valence-electron chi connectivity index (χ1n) is 8.37. The molecule has 6 heteroatoms. The number of carbonyl (C=O) groups is 2. The van der Waals surface area contributed by atoms with Crippen LogP contribution in [0.15, 0.2) is 42.5 Å². The summed E-state index contributed by atoms with van der Waals surface area (Å²) in [6.45, 7) is 1.77. The normalized spacial score (nSPS) is 13.8. The van der Waals surface area contributed by atoms with E-state index >= 15 is 0 Å². The van der Waals surface area contributed by atoms with Gasteiger partial charge in [0.2, 0.25) is 5.91 Å². The molecule has 1 aliphatic rings. The predicted molar refractivity (Wildman–Crippen MR) is 99.2 cm³/mol. The Bertz CT molecular complexity index is 1030. The molecule has 4 nitrogen and oxygen atoms in total. The summed E-state index contributed by atoms with van der Waals surface area (Å²) in [5.74, 6) is -1.04. The van der Waals surface area contributed by atoms with Gasteiger partial charge < -0.3 is 5.32 Å². The van der Waals surface area contributed by atoms with Gasteiger partial charge in [-0.05, 0) is 56.2 Å². The van der Waals surface area contributed by atoms with Crippen molar-refractivity contribution in [3.63, 3.8) is 0 Å². The van der Waals surface area contributed by atoms with Gasteiger partial charge in [0.25, 0.3) is 5.91 Å². The lowest BCUT2D eigenvalue weighted by molar-refractivity contribution is -0.117. The largest absolute Gasteiger partial charge is 0.326 e. The number of fused-ring (bicyclic) bond motifs is 1. The molecule has 1 heterocycles. The minimum Gasteiger partial charge on any atom is -0.326 e. The van der Waals surface area contributed by atoms with Gasteiger partial charge in [0.15, 0.2) is 0 Å². The zero-order valence-electron chi connectivity index (χ0n) is 14.1. The van der Waals surface area contributed by atoms with Crippen molar-refractivity contribution in [3.8, 4) is 0 Å². The Balaban J connectivity index is 1.74. The van der Waals surface area contributed by atoms with E-state index in [1.54, 1.807) is 19.1 Å². The van der Waals surface area contributed by atoms with Crippen molar-refractivity contribution < 1.29 is 14.0 Å². The third-order valence-electron chi connectivity index (χ3n) is 4.58. The molecule has 0 bridgehead atoms. The van der Waals surface area contributed by atoms with Crippen molar-refractivity contribution in [2.45, 2.75) is 19.8 Å². The molecule has 0 aliphatic heterocycles. The predicted octanol–water partition coefficient (Wildman–Crippen LogP) is 4.78. The highest BCUT2D eigenvalue weighted by Gasteiger charge is 2.29. The molecule has 0 saturated heterocycles. The van der Waals surface area contributed by atoms with E-state index in [9.17, 15) is 14.0 Å². The third-order valence-corrected chi connectivity index (χ3v) is 4.90. The highest BCUT2D eigenvalue weighted by atomic mass is 35.5. The molecule has 1 fully saturated rings. The number of halogens is 2. The molecule has 0 radical (unpaired) electrons. The summed E-state index contributed by atoms with van der Waals surface area (Å²) >= 11 is 6.04. The van der Waals surface area contributed by atoms with E-state index in [0.717, 1.165) is 18.2 Å². The Kier molecular flexibility index (Phi) is 4.04. The second-order valence-corrected chi connectivity index (χ2v) is 6.97. The minimum atomic E-state index is -0.655. The Morgan fingerprint density at radius 3 is 2.65 bits per heavy atom. The first-order valence-corrected chi connectivity index (χ1v) is 8.75. The Morgan fingerprint density at radius 1 is 1.19 bits per heavy atom. The van der Waals surface area contributed by atoms with Crippen LogP contribution in [-0.4, -0.2) is 16.4 Å². The number of nitrogens with zero attached hydrogens (tertiary/aromatic N) is 1. The summed E-state index contributed by atoms with van der Waals surface area (Å²) in [7, 11) is 0. The number of aromatic nitrogens is 1. The van der Waals surface area contributed by atoms with Crippen LogP contribution in [0.3, 0.4) is 0 Å². The van der Waals surface area contributed by atoms with E-state index in [2.05, 4.69) is 5.32 Å². The van der Waals surface area contributed by atoms with Gasteiger partial charge in [-0.1, -0.05) is 17.7 Å². The van der Waals surface area contributed by atoms with Crippen molar-refractivity contribution >= 4 is 40.0 Å². The van der Waals surface area contributed by atoms with E-state index in [0.29, 0.717) is 16.9 Å². The molecule has 4 rings (SSSR count). The molecule has 132 valence electrons. The van der Waals surface area contributed by atoms with Gasteiger partial charge in [-0.3, -0.25) is 14.2 Å². The Labute approximate surface area is 154 Å². The van der Waals surface area contributed by atoms with Gasteiger partial charge in [-0.25, -0.2) is 4.39 Å². The first-order chi connectivity index (χ1) is 12.5. The second kappa shape index (κ2) is 6.25. The number of carbonyl (C=O) groups excluding carboxylic acids is 2. The Morgan fingerprint density at radius 2 is 1.96 bits per heavy atom. The van der Waals surface area contributed by atoms with Crippen LogP contribution in [0.4, 0.5) is 10.1 Å². The summed E-state index contributed by atoms with van der Waals surface area (Å²) in [6.07, 6.45) is 1.86. The lowest BCUT2D eigenvalue weighted by atomic mass is 10.2. The highest BCUT2D eigenvalue weighted by molar-refractivity contribution is 6.34.